The molecule has 2 heterocycles. The number of aliphatic hydroxyl groups is 3. The van der Waals surface area contributed by atoms with Crippen molar-refractivity contribution in [1.29, 1.82) is 0 Å². The third-order valence-electron chi connectivity index (χ3n) is 15.6. The zero-order valence-corrected chi connectivity index (χ0v) is 31.8. The highest BCUT2D eigenvalue weighted by atomic mass is 16.6. The number of fused-ring (bicyclic) bond motifs is 4. The molecule has 1 aromatic heterocycles. The van der Waals surface area contributed by atoms with Crippen molar-refractivity contribution in [3.05, 3.63) is 47.9 Å². The molecular weight excluding hydrogens is 651 g/mol. The Morgan fingerprint density at radius 3 is 2.77 bits per heavy atom. The highest BCUT2D eigenvalue weighted by Gasteiger charge is 2.67. The molecular formula is C44H65N3O5. The average Bonchev–Trinajstić information content (AvgIpc) is 3.57. The van der Waals surface area contributed by atoms with E-state index in [0.717, 1.165) is 81.6 Å². The van der Waals surface area contributed by atoms with Crippen LogP contribution in [-0.4, -0.2) is 64.4 Å². The number of furan rings is 1. The molecule has 286 valence electrons. The number of hydrogen-bond donors (Lipinski definition) is 5. The first-order valence-electron chi connectivity index (χ1n) is 20.9. The van der Waals surface area contributed by atoms with Gasteiger partial charge in [0, 0.05) is 35.7 Å². The minimum Gasteiger partial charge on any atom is -0.471 e. The van der Waals surface area contributed by atoms with Crippen LogP contribution in [-0.2, 0) is 11.2 Å². The standard InChI is InChI=1S/C44H65N3O5/c1-41(34-9-8-30(21-34)26-47-40(45)46-19-13-31-5-3-6-33-27-51-28-37(31)33)25-36-32(14-20-48)23-43(39-42(2,52-39)16-12-38(36)41)17-10-29(22-43)11-18-44(50)15-4-7-35(49)24-44/h3,5-6,14,27-30,34-36,38-39,48-50H,4,7-13,15-26H2,1-2H3,(H3,45,46,47)/b32-14-/t29-,30-,34+,35-,36+,38+,39+,41+,42+,43-,44-/m0/s1. The first-order chi connectivity index (χ1) is 25.0. The Labute approximate surface area is 311 Å². The third-order valence-corrected chi connectivity index (χ3v) is 15.6. The second-order valence-electron chi connectivity index (χ2n) is 19.0. The zero-order chi connectivity index (χ0) is 36.1. The topological polar surface area (TPSA) is 137 Å². The number of benzene rings is 1. The molecule has 8 heteroatoms. The molecule has 5 aliphatic carbocycles. The van der Waals surface area contributed by atoms with E-state index in [1.165, 1.54) is 56.1 Å². The van der Waals surface area contributed by atoms with Gasteiger partial charge in [-0.05, 0) is 150 Å². The van der Waals surface area contributed by atoms with Gasteiger partial charge < -0.3 is 35.5 Å². The summed E-state index contributed by atoms with van der Waals surface area (Å²) in [6.07, 6.45) is 23.4. The van der Waals surface area contributed by atoms with Crippen LogP contribution in [0.4, 0.5) is 0 Å². The lowest BCUT2D eigenvalue weighted by molar-refractivity contribution is -0.0697. The average molecular weight is 716 g/mol. The number of nitrogens with zero attached hydrogens (tertiary/aromatic N) is 1. The summed E-state index contributed by atoms with van der Waals surface area (Å²) in [7, 11) is 0. The van der Waals surface area contributed by atoms with E-state index in [2.05, 4.69) is 43.4 Å². The Morgan fingerprint density at radius 1 is 1.04 bits per heavy atom. The molecule has 0 radical (unpaired) electrons. The van der Waals surface area contributed by atoms with Crippen molar-refractivity contribution in [2.75, 3.05) is 19.7 Å². The summed E-state index contributed by atoms with van der Waals surface area (Å²) in [6.45, 7) is 6.62. The van der Waals surface area contributed by atoms with Gasteiger partial charge in [0.15, 0.2) is 5.96 Å². The van der Waals surface area contributed by atoms with E-state index in [4.69, 9.17) is 19.9 Å². The van der Waals surface area contributed by atoms with Crippen LogP contribution in [0.25, 0.3) is 10.8 Å². The largest absolute Gasteiger partial charge is 0.471 e. The van der Waals surface area contributed by atoms with Crippen molar-refractivity contribution < 1.29 is 24.5 Å². The van der Waals surface area contributed by atoms with E-state index in [1.54, 1.807) is 6.26 Å². The van der Waals surface area contributed by atoms with Crippen LogP contribution in [0, 0.1) is 40.4 Å². The number of allylic oxidation sites excluding steroid dienone is 1. The monoisotopic (exact) mass is 715 g/mol. The molecule has 1 aliphatic heterocycles. The number of nitrogens with one attached hydrogen (secondary N) is 1. The molecule has 5 saturated carbocycles. The third kappa shape index (κ3) is 7.11. The summed E-state index contributed by atoms with van der Waals surface area (Å²) in [5.41, 5.74) is 8.81. The number of hydrogen-bond acceptors (Lipinski definition) is 6. The van der Waals surface area contributed by atoms with Gasteiger partial charge in [0.25, 0.3) is 0 Å². The minimum atomic E-state index is -0.700. The van der Waals surface area contributed by atoms with Gasteiger partial charge in [0.05, 0.1) is 42.5 Å². The van der Waals surface area contributed by atoms with Gasteiger partial charge >= 0.3 is 0 Å². The molecule has 6 N–H and O–H groups in total. The van der Waals surface area contributed by atoms with E-state index >= 15 is 0 Å². The summed E-state index contributed by atoms with van der Waals surface area (Å²) >= 11 is 0. The van der Waals surface area contributed by atoms with Gasteiger partial charge in [0.1, 0.15) is 0 Å². The summed E-state index contributed by atoms with van der Waals surface area (Å²) in [6, 6.07) is 6.30. The Balaban J connectivity index is 0.875. The Hall–Kier alpha value is -2.39. The van der Waals surface area contributed by atoms with E-state index in [1.807, 2.05) is 6.26 Å². The normalized spacial score (nSPS) is 42.8. The molecule has 1 saturated heterocycles. The van der Waals surface area contributed by atoms with E-state index in [0.29, 0.717) is 53.5 Å². The minimum absolute atomic E-state index is 0.0429. The maximum absolute atomic E-state index is 11.3. The highest BCUT2D eigenvalue weighted by Crippen LogP contribution is 2.69. The number of epoxide rings is 1. The van der Waals surface area contributed by atoms with Gasteiger partial charge in [0.2, 0.25) is 0 Å². The Morgan fingerprint density at radius 2 is 1.92 bits per heavy atom. The van der Waals surface area contributed by atoms with Crippen LogP contribution < -0.4 is 11.1 Å². The zero-order valence-electron chi connectivity index (χ0n) is 31.8. The highest BCUT2D eigenvalue weighted by molar-refractivity contribution is 5.84. The van der Waals surface area contributed by atoms with Crippen LogP contribution in [0.5, 0.6) is 0 Å². The fourth-order valence-corrected chi connectivity index (χ4v) is 12.7. The summed E-state index contributed by atoms with van der Waals surface area (Å²) in [5, 5.41) is 37.5. The number of ether oxygens (including phenoxy) is 1. The van der Waals surface area contributed by atoms with E-state index in [-0.39, 0.29) is 23.7 Å². The van der Waals surface area contributed by atoms with Crippen molar-refractivity contribution in [2.24, 2.45) is 51.1 Å². The summed E-state index contributed by atoms with van der Waals surface area (Å²) < 4.78 is 12.2. The van der Waals surface area contributed by atoms with Crippen LogP contribution in [0.3, 0.4) is 0 Å². The molecule has 8 nitrogen and oxygen atoms in total. The molecule has 1 spiro atoms. The van der Waals surface area contributed by atoms with Crippen LogP contribution in [0.15, 0.2) is 51.8 Å². The Kier molecular flexibility index (Phi) is 10.1. The van der Waals surface area contributed by atoms with Gasteiger partial charge in [-0.1, -0.05) is 36.8 Å². The summed E-state index contributed by atoms with van der Waals surface area (Å²) in [4.78, 5) is 4.81. The maximum Gasteiger partial charge on any atom is 0.188 e. The van der Waals surface area contributed by atoms with Crippen molar-refractivity contribution in [2.45, 2.75) is 146 Å². The molecule has 52 heavy (non-hydrogen) atoms. The van der Waals surface area contributed by atoms with Crippen LogP contribution in [0.1, 0.15) is 122 Å². The quantitative estimate of drug-likeness (QED) is 0.0747. The SMILES string of the molecule is C[C@]1([C@@H]2CC[C@H](CN=C(N)NCCc3cccc4cocc34)C2)C[C@@H]2/C(=C\CO)C[C@@]3(CC[C@@H](CC[C@@]4(O)CCC[C@H](O)C4)C3)[C@@H]3O[C@]3(C)CC[C@H]21. The van der Waals surface area contributed by atoms with Gasteiger partial charge in [-0.25, -0.2) is 0 Å². The number of nitrogens with two attached hydrogens (primary N) is 1. The molecule has 8 rings (SSSR count). The predicted molar refractivity (Wildman–Crippen MR) is 206 cm³/mol. The van der Waals surface area contributed by atoms with E-state index < -0.39 is 5.60 Å². The number of guanidine groups is 1. The molecule has 0 amide bonds. The van der Waals surface area contributed by atoms with Crippen molar-refractivity contribution in [3.8, 4) is 0 Å². The lowest BCUT2D eigenvalue weighted by Gasteiger charge is -2.58. The molecule has 6 fully saturated rings. The summed E-state index contributed by atoms with van der Waals surface area (Å²) in [5.74, 6) is 3.61. The first kappa shape index (κ1) is 36.6. The molecule has 0 bridgehead atoms. The van der Waals surface area contributed by atoms with Crippen LogP contribution in [0.2, 0.25) is 0 Å². The fourth-order valence-electron chi connectivity index (χ4n) is 12.7. The second-order valence-corrected chi connectivity index (χ2v) is 19.0. The number of rotatable bonds is 10. The van der Waals surface area contributed by atoms with Crippen molar-refractivity contribution in [1.82, 2.24) is 5.32 Å². The molecule has 11 atom stereocenters. The van der Waals surface area contributed by atoms with Gasteiger partial charge in [-0.3, -0.25) is 4.99 Å². The smallest absolute Gasteiger partial charge is 0.188 e. The number of aliphatic imine (C=N–C) groups is 1. The van der Waals surface area contributed by atoms with Gasteiger partial charge in [-0.15, -0.1) is 0 Å². The van der Waals surface area contributed by atoms with Gasteiger partial charge in [-0.2, -0.15) is 0 Å². The maximum atomic E-state index is 11.3. The first-order valence-corrected chi connectivity index (χ1v) is 20.9. The molecule has 6 aliphatic rings. The van der Waals surface area contributed by atoms with Crippen molar-refractivity contribution >= 4 is 16.7 Å². The second kappa shape index (κ2) is 14.4. The molecule has 1 aromatic carbocycles. The Bertz CT molecular complexity index is 1640. The fraction of sp³-hybridized carbons (Fsp3) is 0.750. The van der Waals surface area contributed by atoms with Crippen molar-refractivity contribution in [3.63, 3.8) is 0 Å². The predicted octanol–water partition coefficient (Wildman–Crippen LogP) is 7.43. The molecule has 0 unspecified atom stereocenters. The molecule has 2 aromatic rings. The van der Waals surface area contributed by atoms with Crippen LogP contribution >= 0.6 is 0 Å². The number of aliphatic hydroxyl groups excluding tert-OH is 2. The lowest BCUT2D eigenvalue weighted by atomic mass is 9.46. The lowest BCUT2D eigenvalue weighted by Crippen LogP contribution is -2.51. The van der Waals surface area contributed by atoms with E-state index in [9.17, 15) is 15.3 Å².